The quantitative estimate of drug-likeness (QED) is 0.843. The third-order valence-electron chi connectivity index (χ3n) is 4.33. The fraction of sp³-hybridized carbons (Fsp3) is 0.500. The molecule has 3 rings (SSSR count). The van der Waals surface area contributed by atoms with Crippen LogP contribution in [0.15, 0.2) is 18.2 Å². The van der Waals surface area contributed by atoms with E-state index < -0.39 is 29.2 Å². The van der Waals surface area contributed by atoms with Gasteiger partial charge in [0.05, 0.1) is 17.1 Å². The average molecular weight is 318 g/mol. The van der Waals surface area contributed by atoms with Crippen molar-refractivity contribution in [3.05, 3.63) is 35.1 Å². The third-order valence-corrected chi connectivity index (χ3v) is 4.33. The fourth-order valence-corrected chi connectivity index (χ4v) is 2.96. The van der Waals surface area contributed by atoms with Crippen molar-refractivity contribution >= 4 is 6.09 Å². The second-order valence-corrected chi connectivity index (χ2v) is 5.69. The van der Waals surface area contributed by atoms with Crippen molar-refractivity contribution in [2.45, 2.75) is 30.6 Å². The van der Waals surface area contributed by atoms with E-state index in [-0.39, 0.29) is 11.6 Å². The van der Waals surface area contributed by atoms with E-state index in [0.717, 1.165) is 12.1 Å². The molecule has 0 atom stereocenters. The molecule has 120 valence electrons. The Hall–Kier alpha value is -1.83. The first-order valence-electron chi connectivity index (χ1n) is 6.86. The van der Waals surface area contributed by atoms with E-state index in [1.807, 2.05) is 0 Å². The van der Waals surface area contributed by atoms with Crippen molar-refractivity contribution in [3.63, 3.8) is 0 Å². The van der Waals surface area contributed by atoms with Crippen LogP contribution in [0.2, 0.25) is 0 Å². The van der Waals surface area contributed by atoms with Crippen molar-refractivity contribution in [1.29, 1.82) is 0 Å². The number of benzene rings is 1. The van der Waals surface area contributed by atoms with Crippen LogP contribution in [0.1, 0.15) is 24.0 Å². The molecule has 0 bridgehead atoms. The van der Waals surface area contributed by atoms with Gasteiger partial charge in [-0.05, 0) is 30.5 Å². The molecule has 1 aliphatic carbocycles. The largest absolute Gasteiger partial charge is 0.465 e. The Morgan fingerprint density at radius 2 is 1.95 bits per heavy atom. The third kappa shape index (κ3) is 2.31. The average Bonchev–Trinajstić information content (AvgIpc) is 3.13. The van der Waals surface area contributed by atoms with Crippen molar-refractivity contribution in [2.75, 3.05) is 13.1 Å². The van der Waals surface area contributed by atoms with E-state index in [4.69, 9.17) is 0 Å². The smallest absolute Gasteiger partial charge is 0.419 e. The second kappa shape index (κ2) is 4.84. The van der Waals surface area contributed by atoms with Gasteiger partial charge in [0, 0.05) is 13.1 Å². The summed E-state index contributed by atoms with van der Waals surface area (Å²) in [7, 11) is 0. The summed E-state index contributed by atoms with van der Waals surface area (Å²) in [6.45, 7) is 0.947. The highest BCUT2D eigenvalue weighted by molar-refractivity contribution is 5.68. The molecular weight excluding hydrogens is 304 g/mol. The lowest BCUT2D eigenvalue weighted by Crippen LogP contribution is -2.61. The maximum atomic E-state index is 13.4. The van der Waals surface area contributed by atoms with E-state index in [0.29, 0.717) is 25.9 Å². The van der Waals surface area contributed by atoms with Crippen LogP contribution in [0, 0.1) is 5.82 Å². The predicted octanol–water partition coefficient (Wildman–Crippen LogP) is 2.79. The van der Waals surface area contributed by atoms with Gasteiger partial charge in [0.1, 0.15) is 5.82 Å². The summed E-state index contributed by atoms with van der Waals surface area (Å²) >= 11 is 0. The summed E-state index contributed by atoms with van der Waals surface area (Å²) in [5, 5.41) is 12.4. The standard InChI is InChI=1S/C14H14F4N2O2/c15-11-2-1-8(5-10(11)14(16,17)18)13(3-4-13)20(12(21)22)9-6-19-7-9/h1-2,5,9,19H,3-4,6-7H2,(H,21,22). The predicted molar refractivity (Wildman–Crippen MR) is 68.8 cm³/mol. The minimum absolute atomic E-state index is 0.204. The molecule has 1 aliphatic heterocycles. The summed E-state index contributed by atoms with van der Waals surface area (Å²) in [5.74, 6) is -1.35. The van der Waals surface area contributed by atoms with Crippen LogP contribution in [0.5, 0.6) is 0 Å². The van der Waals surface area contributed by atoms with Gasteiger partial charge in [-0.15, -0.1) is 0 Å². The Labute approximate surface area is 123 Å². The molecule has 1 aromatic rings. The van der Waals surface area contributed by atoms with Gasteiger partial charge in [-0.2, -0.15) is 13.2 Å². The van der Waals surface area contributed by atoms with Crippen LogP contribution in [0.3, 0.4) is 0 Å². The molecule has 2 aliphatic rings. The minimum Gasteiger partial charge on any atom is -0.465 e. The first kappa shape index (κ1) is 15.1. The number of carbonyl (C=O) groups is 1. The van der Waals surface area contributed by atoms with Crippen molar-refractivity contribution in [1.82, 2.24) is 10.2 Å². The minimum atomic E-state index is -4.80. The van der Waals surface area contributed by atoms with Crippen LogP contribution in [0.25, 0.3) is 0 Å². The van der Waals surface area contributed by atoms with Gasteiger partial charge in [-0.25, -0.2) is 9.18 Å². The number of nitrogens with one attached hydrogen (secondary N) is 1. The molecule has 8 heteroatoms. The van der Waals surface area contributed by atoms with Crippen LogP contribution >= 0.6 is 0 Å². The topological polar surface area (TPSA) is 52.6 Å². The summed E-state index contributed by atoms with van der Waals surface area (Å²) in [6.07, 6.45) is -5.08. The summed E-state index contributed by atoms with van der Waals surface area (Å²) in [5.41, 5.74) is -2.12. The fourth-order valence-electron chi connectivity index (χ4n) is 2.96. The van der Waals surface area contributed by atoms with Crippen molar-refractivity contribution < 1.29 is 27.5 Å². The lowest BCUT2D eigenvalue weighted by atomic mass is 9.97. The Morgan fingerprint density at radius 3 is 2.36 bits per heavy atom. The molecule has 1 saturated heterocycles. The highest BCUT2D eigenvalue weighted by Gasteiger charge is 2.55. The number of amides is 1. The van der Waals surface area contributed by atoms with Gasteiger partial charge in [-0.1, -0.05) is 6.07 Å². The Kier molecular flexibility index (Phi) is 3.32. The zero-order chi connectivity index (χ0) is 16.1. The van der Waals surface area contributed by atoms with Gasteiger partial charge < -0.3 is 10.4 Å². The molecule has 1 aromatic carbocycles. The zero-order valence-corrected chi connectivity index (χ0v) is 11.5. The number of hydrogen-bond donors (Lipinski definition) is 2. The number of nitrogens with zero attached hydrogens (tertiary/aromatic N) is 1. The molecule has 1 saturated carbocycles. The van der Waals surface area contributed by atoms with E-state index in [9.17, 15) is 27.5 Å². The van der Waals surface area contributed by atoms with E-state index in [1.54, 1.807) is 0 Å². The molecule has 4 nitrogen and oxygen atoms in total. The van der Waals surface area contributed by atoms with E-state index in [1.165, 1.54) is 11.0 Å². The van der Waals surface area contributed by atoms with Gasteiger partial charge in [0.2, 0.25) is 0 Å². The Morgan fingerprint density at radius 1 is 1.32 bits per heavy atom. The second-order valence-electron chi connectivity index (χ2n) is 5.69. The van der Waals surface area contributed by atoms with Gasteiger partial charge in [0.15, 0.2) is 0 Å². The highest BCUT2D eigenvalue weighted by atomic mass is 19.4. The molecule has 0 spiro atoms. The van der Waals surface area contributed by atoms with E-state index in [2.05, 4.69) is 5.32 Å². The molecule has 2 fully saturated rings. The van der Waals surface area contributed by atoms with Crippen LogP contribution < -0.4 is 5.32 Å². The number of carboxylic acid groups (broad SMARTS) is 1. The molecule has 1 heterocycles. The number of rotatable bonds is 3. The summed E-state index contributed by atoms with van der Waals surface area (Å²) in [4.78, 5) is 12.8. The molecule has 1 amide bonds. The van der Waals surface area contributed by atoms with Crippen LogP contribution in [-0.4, -0.2) is 35.2 Å². The molecule has 0 aromatic heterocycles. The number of halogens is 4. The van der Waals surface area contributed by atoms with Crippen LogP contribution in [0.4, 0.5) is 22.4 Å². The summed E-state index contributed by atoms with van der Waals surface area (Å²) in [6, 6.07) is 2.49. The maximum Gasteiger partial charge on any atom is 0.419 e. The molecule has 0 radical (unpaired) electrons. The lowest BCUT2D eigenvalue weighted by Gasteiger charge is -2.42. The maximum absolute atomic E-state index is 13.4. The van der Waals surface area contributed by atoms with Crippen molar-refractivity contribution in [3.8, 4) is 0 Å². The van der Waals surface area contributed by atoms with Crippen LogP contribution in [-0.2, 0) is 11.7 Å². The van der Waals surface area contributed by atoms with E-state index >= 15 is 0 Å². The first-order chi connectivity index (χ1) is 10.3. The Balaban J connectivity index is 2.00. The number of alkyl halides is 3. The molecule has 22 heavy (non-hydrogen) atoms. The zero-order valence-electron chi connectivity index (χ0n) is 11.5. The normalized spacial score (nSPS) is 20.4. The number of hydrogen-bond acceptors (Lipinski definition) is 2. The Bertz CT molecular complexity index is 609. The SMILES string of the molecule is O=C(O)N(C1CNC1)C1(c2ccc(F)c(C(F)(F)F)c2)CC1. The lowest BCUT2D eigenvalue weighted by molar-refractivity contribution is -0.140. The molecule has 2 N–H and O–H groups in total. The molecule has 0 unspecified atom stereocenters. The van der Waals surface area contributed by atoms with Gasteiger partial charge >= 0.3 is 12.3 Å². The van der Waals surface area contributed by atoms with Gasteiger partial charge in [0.25, 0.3) is 0 Å². The first-order valence-corrected chi connectivity index (χ1v) is 6.86. The molecular formula is C14H14F4N2O2. The monoisotopic (exact) mass is 318 g/mol. The summed E-state index contributed by atoms with van der Waals surface area (Å²) < 4.78 is 52.0. The highest BCUT2D eigenvalue weighted by Crippen LogP contribution is 2.53. The van der Waals surface area contributed by atoms with Gasteiger partial charge in [-0.3, -0.25) is 4.90 Å². The van der Waals surface area contributed by atoms with Crippen molar-refractivity contribution in [2.24, 2.45) is 0 Å².